The first-order valence-electron chi connectivity index (χ1n) is 4.66. The highest BCUT2D eigenvalue weighted by atomic mass is 16.4. The molecule has 0 fully saturated rings. The Kier molecular flexibility index (Phi) is 4.44. The van der Waals surface area contributed by atoms with Crippen LogP contribution in [0.15, 0.2) is 42.5 Å². The van der Waals surface area contributed by atoms with Gasteiger partial charge in [0.05, 0.1) is 0 Å². The molecule has 0 heterocycles. The first-order valence-corrected chi connectivity index (χ1v) is 4.66. The lowest BCUT2D eigenvalue weighted by atomic mass is 10.3. The Balaban J connectivity index is 2.45. The number of anilines is 1. The van der Waals surface area contributed by atoms with Crippen LogP contribution < -0.4 is 10.6 Å². The summed E-state index contributed by atoms with van der Waals surface area (Å²) in [6, 6.07) is 7.80. The topological polar surface area (TPSA) is 95.5 Å². The molecule has 0 saturated heterocycles. The lowest BCUT2D eigenvalue weighted by Gasteiger charge is -2.04. The predicted octanol–water partition coefficient (Wildman–Crippen LogP) is 0.975. The molecule has 1 rings (SSSR count). The van der Waals surface area contributed by atoms with Crippen molar-refractivity contribution in [2.45, 2.75) is 0 Å². The standard InChI is InChI=1S/C11H10N2O4/c14-9(6-7-10(15)16)13-11(17)12-8-4-2-1-3-5-8/h1-7H,(H,15,16)(H2,12,13,14,17)/b7-6+. The van der Waals surface area contributed by atoms with Gasteiger partial charge in [-0.25, -0.2) is 9.59 Å². The van der Waals surface area contributed by atoms with E-state index in [1.165, 1.54) is 0 Å². The highest BCUT2D eigenvalue weighted by Gasteiger charge is 2.04. The van der Waals surface area contributed by atoms with Crippen molar-refractivity contribution in [2.75, 3.05) is 5.32 Å². The second kappa shape index (κ2) is 6.06. The molecule has 0 spiro atoms. The summed E-state index contributed by atoms with van der Waals surface area (Å²) in [6.07, 6.45) is 1.40. The van der Waals surface area contributed by atoms with Gasteiger partial charge in [0.25, 0.3) is 5.91 Å². The molecule has 0 atom stereocenters. The molecule has 0 saturated carbocycles. The van der Waals surface area contributed by atoms with E-state index in [1.807, 2.05) is 5.32 Å². The number of carbonyl (C=O) groups excluding carboxylic acids is 2. The molecule has 1 aromatic rings. The molecule has 0 aromatic heterocycles. The number of hydrogen-bond donors (Lipinski definition) is 3. The average molecular weight is 234 g/mol. The summed E-state index contributed by atoms with van der Waals surface area (Å²) in [5.74, 6) is -2.07. The van der Waals surface area contributed by atoms with Crippen LogP contribution in [0.3, 0.4) is 0 Å². The zero-order valence-corrected chi connectivity index (χ0v) is 8.71. The van der Waals surface area contributed by atoms with Crippen LogP contribution in [0.4, 0.5) is 10.5 Å². The number of nitrogens with one attached hydrogen (secondary N) is 2. The van der Waals surface area contributed by atoms with Gasteiger partial charge in [0.1, 0.15) is 0 Å². The van der Waals surface area contributed by atoms with E-state index in [0.717, 1.165) is 6.08 Å². The van der Waals surface area contributed by atoms with E-state index < -0.39 is 17.9 Å². The van der Waals surface area contributed by atoms with E-state index in [9.17, 15) is 14.4 Å². The Bertz CT molecular complexity index is 454. The number of urea groups is 1. The summed E-state index contributed by atoms with van der Waals surface area (Å²) in [5, 5.41) is 12.6. The number of carboxylic acids is 1. The Labute approximate surface area is 96.9 Å². The number of amides is 3. The van der Waals surface area contributed by atoms with Crippen molar-refractivity contribution < 1.29 is 19.5 Å². The molecule has 17 heavy (non-hydrogen) atoms. The first kappa shape index (κ1) is 12.4. The fraction of sp³-hybridized carbons (Fsp3) is 0. The summed E-state index contributed by atoms with van der Waals surface area (Å²) in [5.41, 5.74) is 0.528. The van der Waals surface area contributed by atoms with E-state index in [0.29, 0.717) is 11.8 Å². The van der Waals surface area contributed by atoms with E-state index in [2.05, 4.69) is 5.32 Å². The lowest BCUT2D eigenvalue weighted by Crippen LogP contribution is -2.33. The Hall–Kier alpha value is -2.63. The summed E-state index contributed by atoms with van der Waals surface area (Å²) in [7, 11) is 0. The first-order chi connectivity index (χ1) is 8.08. The van der Waals surface area contributed by atoms with Gasteiger partial charge >= 0.3 is 12.0 Å². The van der Waals surface area contributed by atoms with Crippen LogP contribution in [0.25, 0.3) is 0 Å². The minimum atomic E-state index is -1.26. The van der Waals surface area contributed by atoms with E-state index in [-0.39, 0.29) is 0 Å². The van der Waals surface area contributed by atoms with Gasteiger partial charge in [0.2, 0.25) is 0 Å². The average Bonchev–Trinajstić information content (AvgIpc) is 2.27. The Morgan fingerprint density at radius 3 is 2.29 bits per heavy atom. The molecule has 1 aromatic carbocycles. The van der Waals surface area contributed by atoms with Crippen LogP contribution in [0.1, 0.15) is 0 Å². The molecule has 3 amide bonds. The number of imide groups is 1. The van der Waals surface area contributed by atoms with E-state index >= 15 is 0 Å². The van der Waals surface area contributed by atoms with Crippen LogP contribution in [0.2, 0.25) is 0 Å². The third-order valence-corrected chi connectivity index (χ3v) is 1.65. The molecule has 6 nitrogen and oxygen atoms in total. The summed E-state index contributed by atoms with van der Waals surface area (Å²) in [4.78, 5) is 32.4. The van der Waals surface area contributed by atoms with Crippen molar-refractivity contribution in [3.8, 4) is 0 Å². The Morgan fingerprint density at radius 1 is 1.06 bits per heavy atom. The number of hydrogen-bond acceptors (Lipinski definition) is 3. The van der Waals surface area contributed by atoms with Gasteiger partial charge in [-0.1, -0.05) is 18.2 Å². The van der Waals surface area contributed by atoms with Crippen molar-refractivity contribution in [2.24, 2.45) is 0 Å². The number of aliphatic carboxylic acids is 1. The fourth-order valence-corrected chi connectivity index (χ4v) is 0.984. The molecule has 3 N–H and O–H groups in total. The lowest BCUT2D eigenvalue weighted by molar-refractivity contribution is -0.131. The molecule has 88 valence electrons. The third-order valence-electron chi connectivity index (χ3n) is 1.65. The van der Waals surface area contributed by atoms with Gasteiger partial charge in [-0.3, -0.25) is 10.1 Å². The minimum Gasteiger partial charge on any atom is -0.478 e. The van der Waals surface area contributed by atoms with Crippen LogP contribution >= 0.6 is 0 Å². The quantitative estimate of drug-likeness (QED) is 0.679. The molecular formula is C11H10N2O4. The van der Waals surface area contributed by atoms with Crippen molar-refractivity contribution in [1.29, 1.82) is 0 Å². The SMILES string of the molecule is O=C(O)/C=C/C(=O)NC(=O)Nc1ccccc1. The van der Waals surface area contributed by atoms with Crippen molar-refractivity contribution in [3.63, 3.8) is 0 Å². The van der Waals surface area contributed by atoms with Crippen molar-refractivity contribution in [1.82, 2.24) is 5.32 Å². The number of rotatable bonds is 3. The van der Waals surface area contributed by atoms with Crippen LogP contribution in [-0.2, 0) is 9.59 Å². The second-order valence-corrected chi connectivity index (χ2v) is 2.98. The van der Waals surface area contributed by atoms with Crippen molar-refractivity contribution >= 4 is 23.6 Å². The molecule has 0 aliphatic carbocycles. The summed E-state index contributed by atoms with van der Waals surface area (Å²) >= 11 is 0. The molecule has 0 aliphatic rings. The van der Waals surface area contributed by atoms with Crippen molar-refractivity contribution in [3.05, 3.63) is 42.5 Å². The van der Waals surface area contributed by atoms with Crippen LogP contribution in [-0.4, -0.2) is 23.0 Å². The molecular weight excluding hydrogens is 224 g/mol. The number of benzene rings is 1. The molecule has 0 unspecified atom stereocenters. The van der Waals surface area contributed by atoms with Gasteiger partial charge < -0.3 is 10.4 Å². The zero-order chi connectivity index (χ0) is 12.7. The maximum absolute atomic E-state index is 11.2. The number of carboxylic acid groups (broad SMARTS) is 1. The monoisotopic (exact) mass is 234 g/mol. The van der Waals surface area contributed by atoms with Gasteiger partial charge in [0, 0.05) is 17.8 Å². The molecule has 6 heteroatoms. The number of para-hydroxylation sites is 1. The van der Waals surface area contributed by atoms with Gasteiger partial charge in [0.15, 0.2) is 0 Å². The summed E-state index contributed by atoms with van der Waals surface area (Å²) < 4.78 is 0. The normalized spacial score (nSPS) is 9.88. The van der Waals surface area contributed by atoms with Gasteiger partial charge in [-0.2, -0.15) is 0 Å². The Morgan fingerprint density at radius 2 is 1.71 bits per heavy atom. The van der Waals surface area contributed by atoms with Crippen LogP contribution in [0, 0.1) is 0 Å². The largest absolute Gasteiger partial charge is 0.478 e. The van der Waals surface area contributed by atoms with E-state index in [4.69, 9.17) is 5.11 Å². The zero-order valence-electron chi connectivity index (χ0n) is 8.71. The maximum Gasteiger partial charge on any atom is 0.328 e. The van der Waals surface area contributed by atoms with Gasteiger partial charge in [-0.05, 0) is 12.1 Å². The third kappa shape index (κ3) is 5.12. The molecule has 0 radical (unpaired) electrons. The summed E-state index contributed by atoms with van der Waals surface area (Å²) in [6.45, 7) is 0. The van der Waals surface area contributed by atoms with E-state index in [1.54, 1.807) is 30.3 Å². The molecule has 0 bridgehead atoms. The fourth-order valence-electron chi connectivity index (χ4n) is 0.984. The highest BCUT2D eigenvalue weighted by molar-refractivity contribution is 6.06. The highest BCUT2D eigenvalue weighted by Crippen LogP contribution is 2.03. The van der Waals surface area contributed by atoms with Crippen LogP contribution in [0.5, 0.6) is 0 Å². The second-order valence-electron chi connectivity index (χ2n) is 2.98. The predicted molar refractivity (Wildman–Crippen MR) is 60.4 cm³/mol. The smallest absolute Gasteiger partial charge is 0.328 e. The maximum atomic E-state index is 11.2. The minimum absolute atomic E-state index is 0.528. The van der Waals surface area contributed by atoms with Gasteiger partial charge in [-0.15, -0.1) is 0 Å². The molecule has 0 aliphatic heterocycles. The number of carbonyl (C=O) groups is 3.